The number of hydrogen-bond acceptors (Lipinski definition) is 4. The van der Waals surface area contributed by atoms with Crippen LogP contribution in [0.4, 0.5) is 0 Å². The lowest BCUT2D eigenvalue weighted by Gasteiger charge is -2.26. The third-order valence-corrected chi connectivity index (χ3v) is 9.45. The predicted molar refractivity (Wildman–Crippen MR) is 159 cm³/mol. The van der Waals surface area contributed by atoms with Gasteiger partial charge in [0.25, 0.3) is 0 Å². The summed E-state index contributed by atoms with van der Waals surface area (Å²) in [5.74, 6) is 1.34. The molecule has 206 valence electrons. The van der Waals surface area contributed by atoms with Gasteiger partial charge in [-0.3, -0.25) is 0 Å². The van der Waals surface area contributed by atoms with Crippen molar-refractivity contribution in [3.05, 3.63) is 89.5 Å². The van der Waals surface area contributed by atoms with Crippen molar-refractivity contribution in [2.45, 2.75) is 97.8 Å². The van der Waals surface area contributed by atoms with Gasteiger partial charge >= 0.3 is 7.82 Å². The molecule has 4 nitrogen and oxygen atoms in total. The lowest BCUT2D eigenvalue weighted by molar-refractivity contribution is 0.297. The normalized spacial score (nSPS) is 12.8. The second-order valence-corrected chi connectivity index (χ2v) is 13.5. The highest BCUT2D eigenvalue weighted by molar-refractivity contribution is 7.49. The first-order valence-corrected chi connectivity index (χ1v) is 15.2. The van der Waals surface area contributed by atoms with Crippen LogP contribution in [0.3, 0.4) is 0 Å². The van der Waals surface area contributed by atoms with Gasteiger partial charge in [0.1, 0.15) is 17.2 Å². The van der Waals surface area contributed by atoms with E-state index in [1.165, 1.54) is 0 Å². The van der Waals surface area contributed by atoms with Crippen molar-refractivity contribution in [2.24, 2.45) is 0 Å². The maximum Gasteiger partial charge on any atom is 0.647 e. The van der Waals surface area contributed by atoms with Gasteiger partial charge in [0, 0.05) is 0 Å². The van der Waals surface area contributed by atoms with Crippen LogP contribution < -0.4 is 13.6 Å². The quantitative estimate of drug-likeness (QED) is 0.216. The van der Waals surface area contributed by atoms with Crippen LogP contribution in [0.5, 0.6) is 17.2 Å². The van der Waals surface area contributed by atoms with Gasteiger partial charge in [-0.2, -0.15) is 4.57 Å². The van der Waals surface area contributed by atoms with E-state index in [4.69, 9.17) is 13.6 Å². The largest absolute Gasteiger partial charge is 0.647 e. The number of benzene rings is 3. The SMILES string of the molecule is CCC(C)(C)c1cccc(OP(=O)(Oc2cccc(C(C)(C)CC)c2)Oc2cccc(C(C)(C)CC)c2)c1. The molecule has 3 aromatic carbocycles. The predicted octanol–water partition coefficient (Wildman–Crippen LogP) is 10.4. The van der Waals surface area contributed by atoms with E-state index in [2.05, 4.69) is 80.5 Å². The minimum atomic E-state index is -4.13. The average molecular weight is 537 g/mol. The van der Waals surface area contributed by atoms with Crippen LogP contribution in [-0.4, -0.2) is 0 Å². The molecule has 0 fully saturated rings. The molecule has 0 aromatic heterocycles. The van der Waals surface area contributed by atoms with Crippen molar-refractivity contribution in [1.82, 2.24) is 0 Å². The zero-order valence-electron chi connectivity index (χ0n) is 24.6. The molecule has 3 rings (SSSR count). The molecule has 0 heterocycles. The van der Waals surface area contributed by atoms with Gasteiger partial charge in [-0.05, 0) is 88.6 Å². The second kappa shape index (κ2) is 11.6. The van der Waals surface area contributed by atoms with E-state index in [0.29, 0.717) is 17.2 Å². The summed E-state index contributed by atoms with van der Waals surface area (Å²) < 4.78 is 32.7. The van der Waals surface area contributed by atoms with Crippen LogP contribution in [0.2, 0.25) is 0 Å². The van der Waals surface area contributed by atoms with E-state index >= 15 is 0 Å². The van der Waals surface area contributed by atoms with Crippen LogP contribution in [0.15, 0.2) is 72.8 Å². The topological polar surface area (TPSA) is 44.8 Å². The minimum absolute atomic E-state index is 0.0504. The standard InChI is InChI=1S/C33H45O4P/c1-10-31(4,5)25-16-13-19-28(22-25)35-38(34,36-29-20-14-17-26(23-29)32(6,7)11-2)37-30-21-15-18-27(24-30)33(8,9)12-3/h13-24H,10-12H2,1-9H3. The summed E-state index contributed by atoms with van der Waals surface area (Å²) in [6.07, 6.45) is 2.88. The third-order valence-electron chi connectivity index (χ3n) is 8.15. The molecule has 0 amide bonds. The molecular weight excluding hydrogens is 491 g/mol. The van der Waals surface area contributed by atoms with Gasteiger partial charge in [-0.25, -0.2) is 0 Å². The van der Waals surface area contributed by atoms with E-state index in [1.807, 2.05) is 36.4 Å². The van der Waals surface area contributed by atoms with Crippen molar-refractivity contribution in [1.29, 1.82) is 0 Å². The van der Waals surface area contributed by atoms with Gasteiger partial charge < -0.3 is 13.6 Å². The molecule has 0 N–H and O–H groups in total. The van der Waals surface area contributed by atoms with Crippen LogP contribution in [0.1, 0.15) is 98.3 Å². The highest BCUT2D eigenvalue weighted by atomic mass is 31.2. The Hall–Kier alpha value is -2.71. The van der Waals surface area contributed by atoms with E-state index in [-0.39, 0.29) is 16.2 Å². The monoisotopic (exact) mass is 536 g/mol. The lowest BCUT2D eigenvalue weighted by atomic mass is 9.82. The first kappa shape index (κ1) is 29.8. The highest BCUT2D eigenvalue weighted by Gasteiger charge is 2.35. The Morgan fingerprint density at radius 1 is 0.526 bits per heavy atom. The third kappa shape index (κ3) is 7.23. The van der Waals surface area contributed by atoms with Gasteiger partial charge in [-0.1, -0.05) is 98.7 Å². The second-order valence-electron chi connectivity index (χ2n) is 12.0. The molecular formula is C33H45O4P. The maximum atomic E-state index is 14.3. The van der Waals surface area contributed by atoms with Crippen LogP contribution in [-0.2, 0) is 20.8 Å². The zero-order valence-corrected chi connectivity index (χ0v) is 25.5. The smallest absolute Gasteiger partial charge is 0.386 e. The number of hydrogen-bond donors (Lipinski definition) is 0. The summed E-state index contributed by atoms with van der Waals surface area (Å²) in [5, 5.41) is 0. The summed E-state index contributed by atoms with van der Waals surface area (Å²) in [7, 11) is -4.13. The summed E-state index contributed by atoms with van der Waals surface area (Å²) in [6, 6.07) is 23.1. The van der Waals surface area contributed by atoms with Crippen LogP contribution >= 0.6 is 7.82 Å². The van der Waals surface area contributed by atoms with E-state index in [0.717, 1.165) is 36.0 Å². The molecule has 0 aliphatic rings. The average Bonchev–Trinajstić information content (AvgIpc) is 2.88. The van der Waals surface area contributed by atoms with Crippen molar-refractivity contribution in [3.8, 4) is 17.2 Å². The number of phosphoric ester groups is 1. The molecule has 0 aliphatic heterocycles. The molecule has 0 saturated heterocycles. The summed E-state index contributed by atoms with van der Waals surface area (Å²) in [6.45, 7) is 19.5. The van der Waals surface area contributed by atoms with E-state index in [9.17, 15) is 4.57 Å². The van der Waals surface area contributed by atoms with Crippen molar-refractivity contribution in [3.63, 3.8) is 0 Å². The molecule has 0 bridgehead atoms. The lowest BCUT2D eigenvalue weighted by Crippen LogP contribution is -2.16. The Kier molecular flexibility index (Phi) is 9.09. The van der Waals surface area contributed by atoms with Gasteiger partial charge in [0.2, 0.25) is 0 Å². The summed E-state index contributed by atoms with van der Waals surface area (Å²) in [4.78, 5) is 0. The Labute approximate surface area is 230 Å². The summed E-state index contributed by atoms with van der Waals surface area (Å²) >= 11 is 0. The number of rotatable bonds is 12. The fourth-order valence-corrected chi connectivity index (χ4v) is 5.20. The first-order valence-electron chi connectivity index (χ1n) is 13.7. The number of phosphoric acid groups is 1. The summed E-state index contributed by atoms with van der Waals surface area (Å²) in [5.41, 5.74) is 3.15. The van der Waals surface area contributed by atoms with E-state index in [1.54, 1.807) is 18.2 Å². The van der Waals surface area contributed by atoms with Crippen LogP contribution in [0.25, 0.3) is 0 Å². The van der Waals surface area contributed by atoms with Crippen molar-refractivity contribution < 1.29 is 18.1 Å². The molecule has 5 heteroatoms. The highest BCUT2D eigenvalue weighted by Crippen LogP contribution is 2.51. The zero-order chi connectivity index (χ0) is 28.2. The van der Waals surface area contributed by atoms with Gasteiger partial charge in [0.05, 0.1) is 0 Å². The molecule has 0 aliphatic carbocycles. The molecule has 38 heavy (non-hydrogen) atoms. The Bertz CT molecular complexity index is 1120. The van der Waals surface area contributed by atoms with Gasteiger partial charge in [-0.15, -0.1) is 0 Å². The maximum absolute atomic E-state index is 14.3. The Morgan fingerprint density at radius 2 is 0.789 bits per heavy atom. The fourth-order valence-electron chi connectivity index (χ4n) is 3.98. The van der Waals surface area contributed by atoms with Gasteiger partial charge in [0.15, 0.2) is 0 Å². The molecule has 0 atom stereocenters. The fraction of sp³-hybridized carbons (Fsp3) is 0.455. The Balaban J connectivity index is 2.03. The van der Waals surface area contributed by atoms with Crippen molar-refractivity contribution in [2.75, 3.05) is 0 Å². The first-order chi connectivity index (χ1) is 17.7. The minimum Gasteiger partial charge on any atom is -0.386 e. The molecule has 0 saturated carbocycles. The van der Waals surface area contributed by atoms with Crippen molar-refractivity contribution >= 4 is 7.82 Å². The van der Waals surface area contributed by atoms with Crippen LogP contribution in [0, 0.1) is 0 Å². The molecule has 3 aromatic rings. The molecule has 0 spiro atoms. The Morgan fingerprint density at radius 3 is 1.03 bits per heavy atom. The molecule has 0 unspecified atom stereocenters. The molecule has 0 radical (unpaired) electrons. The van der Waals surface area contributed by atoms with E-state index < -0.39 is 7.82 Å².